The molecular formula is C11H16ClN3O3S. The van der Waals surface area contributed by atoms with Gasteiger partial charge in [-0.15, -0.1) is 0 Å². The van der Waals surface area contributed by atoms with Gasteiger partial charge in [0.1, 0.15) is 0 Å². The van der Waals surface area contributed by atoms with E-state index < -0.39 is 15.9 Å². The highest BCUT2D eigenvalue weighted by Crippen LogP contribution is 2.21. The summed E-state index contributed by atoms with van der Waals surface area (Å²) in [6, 6.07) is 4.70. The Hall–Kier alpha value is -1.31. The van der Waals surface area contributed by atoms with Crippen LogP contribution < -0.4 is 15.8 Å². The first-order valence-corrected chi connectivity index (χ1v) is 7.70. The Balaban J connectivity index is 2.60. The molecular weight excluding hydrogens is 290 g/mol. The van der Waals surface area contributed by atoms with Crippen LogP contribution in [0.4, 0.5) is 5.69 Å². The Bertz CT molecular complexity index is 560. The van der Waals surface area contributed by atoms with E-state index in [4.69, 9.17) is 17.3 Å². The molecule has 0 aromatic heterocycles. The van der Waals surface area contributed by atoms with Crippen LogP contribution in [0.5, 0.6) is 0 Å². The van der Waals surface area contributed by atoms with Crippen molar-refractivity contribution in [2.75, 3.05) is 24.6 Å². The van der Waals surface area contributed by atoms with E-state index in [0.29, 0.717) is 6.54 Å². The smallest absolute Gasteiger partial charge is 0.253 e. The van der Waals surface area contributed by atoms with E-state index in [1.165, 1.54) is 6.07 Å². The van der Waals surface area contributed by atoms with E-state index in [1.54, 1.807) is 19.1 Å². The molecule has 0 saturated carbocycles. The largest absolute Gasteiger partial charge is 0.397 e. The van der Waals surface area contributed by atoms with Gasteiger partial charge >= 0.3 is 0 Å². The zero-order chi connectivity index (χ0) is 14.5. The Kier molecular flexibility index (Phi) is 5.59. The number of rotatable bonds is 6. The molecule has 1 aromatic rings. The first kappa shape index (κ1) is 15.7. The quantitative estimate of drug-likeness (QED) is 0.670. The summed E-state index contributed by atoms with van der Waals surface area (Å²) in [4.78, 5) is 11.8. The zero-order valence-electron chi connectivity index (χ0n) is 10.4. The van der Waals surface area contributed by atoms with Gasteiger partial charge in [-0.05, 0) is 12.1 Å². The number of hydrogen-bond acceptors (Lipinski definition) is 4. The highest BCUT2D eigenvalue weighted by atomic mass is 35.5. The summed E-state index contributed by atoms with van der Waals surface area (Å²) < 4.78 is 25.1. The van der Waals surface area contributed by atoms with Gasteiger partial charge in [0.2, 0.25) is 10.0 Å². The lowest BCUT2D eigenvalue weighted by atomic mass is 10.1. The van der Waals surface area contributed by atoms with Crippen molar-refractivity contribution in [3.8, 4) is 0 Å². The van der Waals surface area contributed by atoms with Crippen molar-refractivity contribution in [3.05, 3.63) is 28.8 Å². The molecule has 19 heavy (non-hydrogen) atoms. The highest BCUT2D eigenvalue weighted by Gasteiger charge is 2.13. The van der Waals surface area contributed by atoms with E-state index in [-0.39, 0.29) is 28.6 Å². The topological polar surface area (TPSA) is 101 Å². The Morgan fingerprint density at radius 2 is 2.11 bits per heavy atom. The molecule has 0 aliphatic heterocycles. The molecule has 0 saturated heterocycles. The van der Waals surface area contributed by atoms with E-state index in [2.05, 4.69) is 10.0 Å². The van der Waals surface area contributed by atoms with Gasteiger partial charge < -0.3 is 11.1 Å². The number of sulfonamides is 1. The summed E-state index contributed by atoms with van der Waals surface area (Å²) in [6.45, 7) is 2.00. The van der Waals surface area contributed by atoms with Gasteiger partial charge in [0.25, 0.3) is 5.91 Å². The molecule has 0 atom stereocenters. The van der Waals surface area contributed by atoms with E-state index in [9.17, 15) is 13.2 Å². The lowest BCUT2D eigenvalue weighted by molar-refractivity contribution is 0.0957. The first-order chi connectivity index (χ1) is 8.87. The summed E-state index contributed by atoms with van der Waals surface area (Å²) in [5, 5.41) is 2.77. The molecule has 4 N–H and O–H groups in total. The Morgan fingerprint density at radius 3 is 2.74 bits per heavy atom. The molecule has 106 valence electrons. The number of carbonyl (C=O) groups is 1. The Morgan fingerprint density at radius 1 is 1.42 bits per heavy atom. The summed E-state index contributed by atoms with van der Waals surface area (Å²) in [5.41, 5.74) is 6.07. The number of benzene rings is 1. The molecule has 1 rings (SSSR count). The van der Waals surface area contributed by atoms with Crippen LogP contribution in [0.1, 0.15) is 17.3 Å². The minimum absolute atomic E-state index is 0.000119. The van der Waals surface area contributed by atoms with Gasteiger partial charge in [0.05, 0.1) is 22.0 Å². The number of nitrogens with two attached hydrogens (primary N) is 1. The van der Waals surface area contributed by atoms with Crippen LogP contribution >= 0.6 is 11.6 Å². The molecule has 6 nitrogen and oxygen atoms in total. The molecule has 0 spiro atoms. The second-order valence-corrected chi connectivity index (χ2v) is 6.11. The van der Waals surface area contributed by atoms with Crippen molar-refractivity contribution in [1.29, 1.82) is 0 Å². The molecule has 8 heteroatoms. The van der Waals surface area contributed by atoms with Gasteiger partial charge in [-0.25, -0.2) is 13.1 Å². The normalized spacial score (nSPS) is 11.3. The fourth-order valence-electron chi connectivity index (χ4n) is 1.42. The zero-order valence-corrected chi connectivity index (χ0v) is 12.0. The van der Waals surface area contributed by atoms with Crippen LogP contribution in [0.2, 0.25) is 5.02 Å². The lowest BCUT2D eigenvalue weighted by Crippen LogP contribution is -2.34. The third-order valence-corrected chi connectivity index (χ3v) is 4.12. The maximum absolute atomic E-state index is 11.8. The van der Waals surface area contributed by atoms with Crippen LogP contribution in [0, 0.1) is 0 Å². The van der Waals surface area contributed by atoms with Gasteiger partial charge in [-0.1, -0.05) is 24.6 Å². The molecule has 0 heterocycles. The van der Waals surface area contributed by atoms with Crippen molar-refractivity contribution >= 4 is 33.2 Å². The van der Waals surface area contributed by atoms with Gasteiger partial charge in [0, 0.05) is 13.1 Å². The van der Waals surface area contributed by atoms with E-state index in [0.717, 1.165) is 0 Å². The SMILES string of the molecule is CCNS(=O)(=O)CCNC(=O)c1cccc(Cl)c1N. The molecule has 0 bridgehead atoms. The average Bonchev–Trinajstić information content (AvgIpc) is 2.32. The fraction of sp³-hybridized carbons (Fsp3) is 0.364. The monoisotopic (exact) mass is 305 g/mol. The molecule has 0 radical (unpaired) electrons. The van der Waals surface area contributed by atoms with Crippen molar-refractivity contribution in [2.45, 2.75) is 6.92 Å². The standard InChI is InChI=1S/C11H16ClN3O3S/c1-2-15-19(17,18)7-6-14-11(16)8-4-3-5-9(12)10(8)13/h3-5,15H,2,6-7,13H2,1H3,(H,14,16). The highest BCUT2D eigenvalue weighted by molar-refractivity contribution is 7.89. The lowest BCUT2D eigenvalue weighted by Gasteiger charge is -2.09. The molecule has 0 aliphatic carbocycles. The van der Waals surface area contributed by atoms with Crippen molar-refractivity contribution in [1.82, 2.24) is 10.0 Å². The van der Waals surface area contributed by atoms with Crippen LogP contribution in [0.25, 0.3) is 0 Å². The number of para-hydroxylation sites is 1. The molecule has 0 aliphatic rings. The van der Waals surface area contributed by atoms with Crippen LogP contribution in [0.15, 0.2) is 18.2 Å². The number of nitrogens with one attached hydrogen (secondary N) is 2. The molecule has 1 amide bonds. The summed E-state index contributed by atoms with van der Waals surface area (Å²) in [5.74, 6) is -0.640. The van der Waals surface area contributed by atoms with Crippen molar-refractivity contribution in [3.63, 3.8) is 0 Å². The van der Waals surface area contributed by atoms with Crippen LogP contribution in [0.3, 0.4) is 0 Å². The molecule has 0 fully saturated rings. The van der Waals surface area contributed by atoms with Gasteiger partial charge in [0.15, 0.2) is 0 Å². The van der Waals surface area contributed by atoms with Gasteiger partial charge in [-0.3, -0.25) is 4.79 Å². The number of amides is 1. The number of hydrogen-bond donors (Lipinski definition) is 3. The molecule has 1 aromatic carbocycles. The summed E-state index contributed by atoms with van der Waals surface area (Å²) in [6.07, 6.45) is 0. The first-order valence-electron chi connectivity index (χ1n) is 5.67. The summed E-state index contributed by atoms with van der Waals surface area (Å²) in [7, 11) is -3.35. The number of nitrogen functional groups attached to an aromatic ring is 1. The summed E-state index contributed by atoms with van der Waals surface area (Å²) >= 11 is 5.79. The fourth-order valence-corrected chi connectivity index (χ4v) is 2.55. The van der Waals surface area contributed by atoms with E-state index >= 15 is 0 Å². The van der Waals surface area contributed by atoms with E-state index in [1.807, 2.05) is 0 Å². The van der Waals surface area contributed by atoms with Crippen molar-refractivity contribution in [2.24, 2.45) is 0 Å². The number of halogens is 1. The maximum Gasteiger partial charge on any atom is 0.253 e. The second kappa shape index (κ2) is 6.74. The van der Waals surface area contributed by atoms with Crippen LogP contribution in [-0.2, 0) is 10.0 Å². The van der Waals surface area contributed by atoms with Gasteiger partial charge in [-0.2, -0.15) is 0 Å². The number of carbonyl (C=O) groups excluding carboxylic acids is 1. The minimum atomic E-state index is -3.35. The predicted molar refractivity (Wildman–Crippen MR) is 75.7 cm³/mol. The minimum Gasteiger partial charge on any atom is -0.397 e. The third kappa shape index (κ3) is 4.70. The Labute approximate surface area is 117 Å². The predicted octanol–water partition coefficient (Wildman–Crippen LogP) is 0.591. The third-order valence-electron chi connectivity index (χ3n) is 2.32. The number of anilines is 1. The second-order valence-electron chi connectivity index (χ2n) is 3.77. The van der Waals surface area contributed by atoms with Crippen LogP contribution in [-0.4, -0.2) is 33.2 Å². The maximum atomic E-state index is 11.8. The van der Waals surface area contributed by atoms with Crippen molar-refractivity contribution < 1.29 is 13.2 Å². The molecule has 0 unspecified atom stereocenters. The average molecular weight is 306 g/mol.